The second kappa shape index (κ2) is 11.0. The zero-order valence-corrected chi connectivity index (χ0v) is 22.3. The van der Waals surface area contributed by atoms with Gasteiger partial charge >= 0.3 is 6.18 Å². The van der Waals surface area contributed by atoms with E-state index in [1.54, 1.807) is 30.3 Å². The first-order chi connectivity index (χ1) is 17.9. The van der Waals surface area contributed by atoms with Crippen LogP contribution in [-0.2, 0) is 15.3 Å². The zero-order chi connectivity index (χ0) is 27.7. The van der Waals surface area contributed by atoms with Gasteiger partial charge in [0.25, 0.3) is 11.5 Å². The summed E-state index contributed by atoms with van der Waals surface area (Å²) in [4.78, 5) is 23.0. The number of fused-ring (bicyclic) bond motifs is 1. The Kier molecular flexibility index (Phi) is 8.11. The van der Waals surface area contributed by atoms with E-state index in [4.69, 9.17) is 44.5 Å². The number of nitrogens with one attached hydrogen (secondary N) is 1. The van der Waals surface area contributed by atoms with E-state index in [1.165, 1.54) is 12.3 Å². The van der Waals surface area contributed by atoms with Crippen LogP contribution < -0.4 is 5.32 Å². The Hall–Kier alpha value is -3.01. The van der Waals surface area contributed by atoms with Crippen molar-refractivity contribution in [3.8, 4) is 0 Å². The molecule has 1 unspecified atom stereocenters. The van der Waals surface area contributed by atoms with Gasteiger partial charge in [0.2, 0.25) is 0 Å². The highest BCUT2D eigenvalue weighted by molar-refractivity contribution is 6.48. The summed E-state index contributed by atoms with van der Waals surface area (Å²) in [7, 11) is 0. The molecule has 1 atom stereocenters. The number of oxime groups is 2. The molecule has 0 bridgehead atoms. The average molecular weight is 587 g/mol. The Morgan fingerprint density at radius 1 is 1.16 bits per heavy atom. The minimum atomic E-state index is -4.87. The molecular weight excluding hydrogens is 566 g/mol. The van der Waals surface area contributed by atoms with Gasteiger partial charge in [-0.1, -0.05) is 75.4 Å². The van der Waals surface area contributed by atoms with Crippen molar-refractivity contribution in [2.75, 3.05) is 6.54 Å². The van der Waals surface area contributed by atoms with E-state index in [0.29, 0.717) is 21.9 Å². The molecule has 1 aliphatic rings. The Bertz CT molecular complexity index is 1420. The highest BCUT2D eigenvalue weighted by atomic mass is 35.5. The first kappa shape index (κ1) is 28.0. The molecule has 0 saturated carbocycles. The van der Waals surface area contributed by atoms with Crippen LogP contribution in [-0.4, -0.2) is 36.7 Å². The number of hydrogen-bond donors (Lipinski definition) is 1. The summed E-state index contributed by atoms with van der Waals surface area (Å²) in [6, 6.07) is 12.1. The molecule has 1 N–H and O–H groups in total. The smallest absolute Gasteiger partial charge is 0.393 e. The van der Waals surface area contributed by atoms with Gasteiger partial charge in [0, 0.05) is 23.1 Å². The van der Waals surface area contributed by atoms with Crippen LogP contribution in [0.1, 0.15) is 41.8 Å². The second-order valence-electron chi connectivity index (χ2n) is 8.74. The van der Waals surface area contributed by atoms with E-state index >= 15 is 0 Å². The summed E-state index contributed by atoms with van der Waals surface area (Å²) in [5.74, 6) is -0.386. The van der Waals surface area contributed by atoms with Gasteiger partial charge in [-0.05, 0) is 42.8 Å². The molecule has 0 saturated heterocycles. The number of nitrogens with zero attached hydrogens (tertiary/aromatic N) is 2. The molecular formula is C26H21Cl3F3N3O3. The monoisotopic (exact) mass is 585 g/mol. The Balaban J connectivity index is 1.67. The first-order valence-electron chi connectivity index (χ1n) is 11.4. The van der Waals surface area contributed by atoms with Gasteiger partial charge in [0.05, 0.1) is 33.5 Å². The van der Waals surface area contributed by atoms with Crippen LogP contribution in [0.2, 0.25) is 15.1 Å². The summed E-state index contributed by atoms with van der Waals surface area (Å²) >= 11 is 18.0. The number of hydrogen-bond acceptors (Lipinski definition) is 5. The topological polar surface area (TPSA) is 72.3 Å². The number of carbonyl (C=O) groups is 1. The fraction of sp³-hybridized carbons (Fsp3) is 0.269. The maximum atomic E-state index is 14.5. The number of alkyl halides is 3. The van der Waals surface area contributed by atoms with Gasteiger partial charge in [-0.3, -0.25) is 4.79 Å². The van der Waals surface area contributed by atoms with Crippen LogP contribution in [0.15, 0.2) is 58.8 Å². The van der Waals surface area contributed by atoms with Crippen molar-refractivity contribution in [2.45, 2.75) is 38.1 Å². The highest BCUT2D eigenvalue weighted by Gasteiger charge is 2.62. The number of rotatable bonds is 7. The highest BCUT2D eigenvalue weighted by Crippen LogP contribution is 2.51. The van der Waals surface area contributed by atoms with E-state index in [0.717, 1.165) is 12.1 Å². The lowest BCUT2D eigenvalue weighted by molar-refractivity contribution is -0.275. The molecule has 1 aliphatic heterocycles. The van der Waals surface area contributed by atoms with E-state index in [-0.39, 0.29) is 44.9 Å². The summed E-state index contributed by atoms with van der Waals surface area (Å²) < 4.78 is 43.4. The summed E-state index contributed by atoms with van der Waals surface area (Å²) in [6.07, 6.45) is -4.18. The third-order valence-electron chi connectivity index (χ3n) is 5.82. The normalized spacial score (nSPS) is 17.7. The van der Waals surface area contributed by atoms with Crippen LogP contribution in [0, 0.1) is 0 Å². The Labute approximate surface area is 231 Å². The summed E-state index contributed by atoms with van der Waals surface area (Å²) in [5.41, 5.74) is -2.38. The molecule has 12 heteroatoms. The third-order valence-corrected chi connectivity index (χ3v) is 7.01. The molecule has 0 radical (unpaired) electrons. The van der Waals surface area contributed by atoms with Crippen LogP contribution >= 0.6 is 34.8 Å². The van der Waals surface area contributed by atoms with E-state index in [2.05, 4.69) is 15.6 Å². The zero-order valence-electron chi connectivity index (χ0n) is 20.1. The first-order valence-corrected chi connectivity index (χ1v) is 12.5. The number of amides is 1. The molecule has 1 amide bonds. The van der Waals surface area contributed by atoms with Gasteiger partial charge in [-0.2, -0.15) is 13.2 Å². The predicted molar refractivity (Wildman–Crippen MR) is 142 cm³/mol. The molecule has 4 rings (SSSR count). The molecule has 1 heterocycles. The molecule has 0 spiro atoms. The van der Waals surface area contributed by atoms with Crippen molar-refractivity contribution >= 4 is 63.4 Å². The fourth-order valence-electron chi connectivity index (χ4n) is 4.02. The molecule has 3 aromatic carbocycles. The van der Waals surface area contributed by atoms with Gasteiger partial charge in [0.1, 0.15) is 6.10 Å². The number of benzene rings is 3. The largest absolute Gasteiger partial charge is 0.435 e. The van der Waals surface area contributed by atoms with Crippen molar-refractivity contribution in [3.05, 3.63) is 80.3 Å². The molecule has 6 nitrogen and oxygen atoms in total. The molecule has 0 aromatic heterocycles. The van der Waals surface area contributed by atoms with Gasteiger partial charge in [-0.15, -0.1) is 0 Å². The minimum absolute atomic E-state index is 0.0469. The van der Waals surface area contributed by atoms with Gasteiger partial charge in [0.15, 0.2) is 0 Å². The standard InChI is InChI=1S/C26H21Cl3F3N3O3/c1-14(2)37-34-10-9-33-24(36)19-8-7-18(16-5-3-4-6-17(16)19)22-13-25(38-35-22,26(30,31)32)15-11-20(27)23(29)21(28)12-15/h3-8,10-12,14H,9,13H2,1-2H3,(H,33,36). The molecule has 200 valence electrons. The lowest BCUT2D eigenvalue weighted by Gasteiger charge is -2.30. The predicted octanol–water partition coefficient (Wildman–Crippen LogP) is 7.52. The Morgan fingerprint density at radius 2 is 1.82 bits per heavy atom. The van der Waals surface area contributed by atoms with Crippen LogP contribution in [0.25, 0.3) is 10.8 Å². The summed E-state index contributed by atoms with van der Waals surface area (Å²) in [6.45, 7) is 3.77. The maximum Gasteiger partial charge on any atom is 0.435 e. The third kappa shape index (κ3) is 5.41. The number of carbonyl (C=O) groups excluding carboxylic acids is 1. The molecule has 38 heavy (non-hydrogen) atoms. The minimum Gasteiger partial charge on any atom is -0.393 e. The van der Waals surface area contributed by atoms with Crippen molar-refractivity contribution < 1.29 is 27.6 Å². The molecule has 0 fully saturated rings. The summed E-state index contributed by atoms with van der Waals surface area (Å²) in [5, 5.41) is 11.0. The average Bonchev–Trinajstić information content (AvgIpc) is 3.32. The number of halogens is 6. The molecule has 0 aliphatic carbocycles. The quantitative estimate of drug-likeness (QED) is 0.177. The van der Waals surface area contributed by atoms with Crippen molar-refractivity contribution in [1.29, 1.82) is 0 Å². The Morgan fingerprint density at radius 3 is 2.45 bits per heavy atom. The van der Waals surface area contributed by atoms with Crippen molar-refractivity contribution in [2.24, 2.45) is 10.3 Å². The lowest BCUT2D eigenvalue weighted by atomic mass is 9.85. The van der Waals surface area contributed by atoms with E-state index < -0.39 is 18.2 Å². The SMILES string of the molecule is CC(C)ON=CCNC(=O)c1ccc(C2=NOC(c3cc(Cl)c(Cl)c(Cl)c3)(C(F)(F)F)C2)c2ccccc12. The lowest BCUT2D eigenvalue weighted by Crippen LogP contribution is -2.42. The van der Waals surface area contributed by atoms with Crippen LogP contribution in [0.4, 0.5) is 13.2 Å². The van der Waals surface area contributed by atoms with Crippen LogP contribution in [0.3, 0.4) is 0 Å². The molecule has 3 aromatic rings. The van der Waals surface area contributed by atoms with Gasteiger partial charge in [-0.25, -0.2) is 0 Å². The second-order valence-corrected chi connectivity index (χ2v) is 9.94. The van der Waals surface area contributed by atoms with Crippen LogP contribution in [0.5, 0.6) is 0 Å². The fourth-order valence-corrected chi connectivity index (χ4v) is 4.62. The van der Waals surface area contributed by atoms with E-state index in [1.807, 2.05) is 13.8 Å². The van der Waals surface area contributed by atoms with E-state index in [9.17, 15) is 18.0 Å². The maximum absolute atomic E-state index is 14.5. The van der Waals surface area contributed by atoms with Crippen molar-refractivity contribution in [3.63, 3.8) is 0 Å². The van der Waals surface area contributed by atoms with Gasteiger partial charge < -0.3 is 15.0 Å². The van der Waals surface area contributed by atoms with Crippen molar-refractivity contribution in [1.82, 2.24) is 5.32 Å².